The quantitative estimate of drug-likeness (QED) is 0.863. The number of hydrogen-bond acceptors (Lipinski definition) is 4. The molecule has 1 fully saturated rings. The lowest BCUT2D eigenvalue weighted by Crippen LogP contribution is -2.38. The fourth-order valence-corrected chi connectivity index (χ4v) is 3.06. The van der Waals surface area contributed by atoms with E-state index in [-0.39, 0.29) is 23.9 Å². The number of carbonyl (C=O) groups excluding carboxylic acids is 2. The highest BCUT2D eigenvalue weighted by molar-refractivity contribution is 5.94. The van der Waals surface area contributed by atoms with Gasteiger partial charge in [-0.15, -0.1) is 0 Å². The molecule has 0 radical (unpaired) electrons. The summed E-state index contributed by atoms with van der Waals surface area (Å²) in [6, 6.07) is 10.6. The molecule has 1 atom stereocenters. The molecule has 1 aromatic carbocycles. The third-order valence-electron chi connectivity index (χ3n) is 4.35. The standard InChI is InChI=1S/C20H24N2O4/c1-14(2)21-19(23)15-7-9-17(10-8-15)26-13-16-5-3-11-22(16)20(24)18-6-4-12-25-18/h4,6-10,12,14,16H,3,5,11,13H2,1-2H3,(H,21,23). The molecule has 1 aromatic heterocycles. The van der Waals surface area contributed by atoms with Gasteiger partial charge < -0.3 is 19.4 Å². The Morgan fingerprint density at radius 1 is 1.27 bits per heavy atom. The molecule has 26 heavy (non-hydrogen) atoms. The molecule has 2 heterocycles. The van der Waals surface area contributed by atoms with Crippen molar-refractivity contribution in [2.45, 2.75) is 38.8 Å². The lowest BCUT2D eigenvalue weighted by molar-refractivity contribution is 0.0659. The van der Waals surface area contributed by atoms with Crippen LogP contribution in [0, 0.1) is 0 Å². The van der Waals surface area contributed by atoms with Crippen molar-refractivity contribution in [1.82, 2.24) is 10.2 Å². The van der Waals surface area contributed by atoms with Gasteiger partial charge >= 0.3 is 0 Å². The van der Waals surface area contributed by atoms with Crippen LogP contribution >= 0.6 is 0 Å². The molecular weight excluding hydrogens is 332 g/mol. The van der Waals surface area contributed by atoms with Gasteiger partial charge in [0.25, 0.3) is 11.8 Å². The zero-order chi connectivity index (χ0) is 18.5. The zero-order valence-corrected chi connectivity index (χ0v) is 15.1. The van der Waals surface area contributed by atoms with E-state index >= 15 is 0 Å². The molecule has 0 spiro atoms. The summed E-state index contributed by atoms with van der Waals surface area (Å²) >= 11 is 0. The third kappa shape index (κ3) is 4.25. The van der Waals surface area contributed by atoms with Crippen molar-refractivity contribution in [3.63, 3.8) is 0 Å². The van der Waals surface area contributed by atoms with Crippen LogP contribution in [0.2, 0.25) is 0 Å². The fraction of sp³-hybridized carbons (Fsp3) is 0.400. The maximum atomic E-state index is 12.5. The maximum Gasteiger partial charge on any atom is 0.289 e. The zero-order valence-electron chi connectivity index (χ0n) is 15.1. The number of amides is 2. The number of benzene rings is 1. The van der Waals surface area contributed by atoms with Gasteiger partial charge in [-0.05, 0) is 63.1 Å². The minimum absolute atomic E-state index is 0.0246. The van der Waals surface area contributed by atoms with E-state index in [1.54, 1.807) is 36.4 Å². The average Bonchev–Trinajstić information content (AvgIpc) is 3.31. The summed E-state index contributed by atoms with van der Waals surface area (Å²) in [6.07, 6.45) is 3.36. The highest BCUT2D eigenvalue weighted by atomic mass is 16.5. The molecule has 6 heteroatoms. The second-order valence-electron chi connectivity index (χ2n) is 6.74. The predicted octanol–water partition coefficient (Wildman–Crippen LogP) is 3.10. The smallest absolute Gasteiger partial charge is 0.289 e. The van der Waals surface area contributed by atoms with Crippen molar-refractivity contribution < 1.29 is 18.7 Å². The molecule has 1 aliphatic rings. The minimum atomic E-state index is -0.0995. The molecule has 0 aliphatic carbocycles. The van der Waals surface area contributed by atoms with Crippen LogP contribution in [-0.2, 0) is 0 Å². The van der Waals surface area contributed by atoms with Crippen LogP contribution in [0.25, 0.3) is 0 Å². The van der Waals surface area contributed by atoms with Crippen molar-refractivity contribution in [2.75, 3.05) is 13.2 Å². The molecule has 1 unspecified atom stereocenters. The number of ether oxygens (including phenoxy) is 1. The van der Waals surface area contributed by atoms with Gasteiger partial charge in [0.05, 0.1) is 12.3 Å². The molecule has 3 rings (SSSR count). The molecule has 0 saturated carbocycles. The monoisotopic (exact) mass is 356 g/mol. The van der Waals surface area contributed by atoms with E-state index in [4.69, 9.17) is 9.15 Å². The summed E-state index contributed by atoms with van der Waals surface area (Å²) < 4.78 is 11.1. The van der Waals surface area contributed by atoms with Crippen LogP contribution < -0.4 is 10.1 Å². The first kappa shape index (κ1) is 18.0. The maximum absolute atomic E-state index is 12.5. The van der Waals surface area contributed by atoms with E-state index in [1.165, 1.54) is 6.26 Å². The Bertz CT molecular complexity index is 738. The van der Waals surface area contributed by atoms with E-state index < -0.39 is 0 Å². The van der Waals surface area contributed by atoms with Crippen LogP contribution in [0.4, 0.5) is 0 Å². The molecule has 6 nitrogen and oxygen atoms in total. The van der Waals surface area contributed by atoms with Gasteiger partial charge in [0.2, 0.25) is 0 Å². The second-order valence-corrected chi connectivity index (χ2v) is 6.74. The molecule has 1 N–H and O–H groups in total. The van der Waals surface area contributed by atoms with Crippen LogP contribution in [0.5, 0.6) is 5.75 Å². The first-order valence-electron chi connectivity index (χ1n) is 8.93. The Labute approximate surface area is 153 Å². The van der Waals surface area contributed by atoms with Crippen molar-refractivity contribution in [3.05, 3.63) is 54.0 Å². The number of carbonyl (C=O) groups is 2. The largest absolute Gasteiger partial charge is 0.491 e. The van der Waals surface area contributed by atoms with Gasteiger partial charge in [-0.1, -0.05) is 0 Å². The van der Waals surface area contributed by atoms with Gasteiger partial charge in [-0.25, -0.2) is 0 Å². The summed E-state index contributed by atoms with van der Waals surface area (Å²) in [4.78, 5) is 26.2. The van der Waals surface area contributed by atoms with E-state index in [1.807, 2.05) is 18.7 Å². The predicted molar refractivity (Wildman–Crippen MR) is 97.3 cm³/mol. The second kappa shape index (κ2) is 8.08. The lowest BCUT2D eigenvalue weighted by atomic mass is 10.2. The Morgan fingerprint density at radius 3 is 2.69 bits per heavy atom. The van der Waals surface area contributed by atoms with E-state index in [0.29, 0.717) is 30.2 Å². The number of furan rings is 1. The van der Waals surface area contributed by atoms with Crippen LogP contribution in [0.3, 0.4) is 0 Å². The Kier molecular flexibility index (Phi) is 5.61. The lowest BCUT2D eigenvalue weighted by Gasteiger charge is -2.24. The third-order valence-corrected chi connectivity index (χ3v) is 4.35. The number of likely N-dealkylation sites (tertiary alicyclic amines) is 1. The summed E-state index contributed by atoms with van der Waals surface area (Å²) in [5, 5.41) is 2.85. The van der Waals surface area contributed by atoms with Gasteiger partial charge in [0.15, 0.2) is 5.76 Å². The van der Waals surface area contributed by atoms with Crippen LogP contribution in [-0.4, -0.2) is 41.9 Å². The van der Waals surface area contributed by atoms with Crippen LogP contribution in [0.15, 0.2) is 47.1 Å². The normalized spacial score (nSPS) is 16.7. The van der Waals surface area contributed by atoms with Gasteiger partial charge in [0, 0.05) is 18.2 Å². The van der Waals surface area contributed by atoms with Gasteiger partial charge in [0.1, 0.15) is 12.4 Å². The number of hydrogen-bond donors (Lipinski definition) is 1. The fourth-order valence-electron chi connectivity index (χ4n) is 3.06. The van der Waals surface area contributed by atoms with Crippen LogP contribution in [0.1, 0.15) is 47.6 Å². The van der Waals surface area contributed by atoms with Gasteiger partial charge in [-0.3, -0.25) is 9.59 Å². The van der Waals surface area contributed by atoms with E-state index in [0.717, 1.165) is 12.8 Å². The highest BCUT2D eigenvalue weighted by Gasteiger charge is 2.31. The highest BCUT2D eigenvalue weighted by Crippen LogP contribution is 2.22. The molecule has 138 valence electrons. The summed E-state index contributed by atoms with van der Waals surface area (Å²) in [5.74, 6) is 0.847. The molecular formula is C20H24N2O4. The SMILES string of the molecule is CC(C)NC(=O)c1ccc(OCC2CCCN2C(=O)c2ccco2)cc1. The molecule has 0 bridgehead atoms. The van der Waals surface area contributed by atoms with E-state index in [2.05, 4.69) is 5.32 Å². The number of rotatable bonds is 6. The molecule has 2 amide bonds. The van der Waals surface area contributed by atoms with Crippen molar-refractivity contribution in [1.29, 1.82) is 0 Å². The Morgan fingerprint density at radius 2 is 2.04 bits per heavy atom. The summed E-state index contributed by atoms with van der Waals surface area (Å²) in [5.41, 5.74) is 0.599. The summed E-state index contributed by atoms with van der Waals surface area (Å²) in [6.45, 7) is 4.98. The van der Waals surface area contributed by atoms with Crippen molar-refractivity contribution in [2.24, 2.45) is 0 Å². The summed E-state index contributed by atoms with van der Waals surface area (Å²) in [7, 11) is 0. The molecule has 2 aromatic rings. The number of nitrogens with zero attached hydrogens (tertiary/aromatic N) is 1. The average molecular weight is 356 g/mol. The molecule has 1 aliphatic heterocycles. The number of nitrogens with one attached hydrogen (secondary N) is 1. The van der Waals surface area contributed by atoms with E-state index in [9.17, 15) is 9.59 Å². The van der Waals surface area contributed by atoms with Crippen molar-refractivity contribution in [3.8, 4) is 5.75 Å². The first-order chi connectivity index (χ1) is 12.5. The van der Waals surface area contributed by atoms with Crippen molar-refractivity contribution >= 4 is 11.8 Å². The van der Waals surface area contributed by atoms with Gasteiger partial charge in [-0.2, -0.15) is 0 Å². The topological polar surface area (TPSA) is 71.8 Å². The molecule has 1 saturated heterocycles. The Hall–Kier alpha value is -2.76. The Balaban J connectivity index is 1.56. The first-order valence-corrected chi connectivity index (χ1v) is 8.93. The minimum Gasteiger partial charge on any atom is -0.491 e.